The van der Waals surface area contributed by atoms with Crippen LogP contribution in [-0.4, -0.2) is 25.2 Å². The third-order valence-corrected chi connectivity index (χ3v) is 15.2. The molecule has 0 N–H and O–H groups in total. The SMILES string of the molecule is COc1ccc(COC(=O)[C@]23CC[C@@H](C)[C@H](C)[C@H]2C2=CC[C@@H]4[C@@]5(C)CC[C@H](OC(C)=O)C(C)(C)[C@@H]5CC[C@@]4(C)[C@]2(C)CC3)cc1. The molecule has 5 heteroatoms. The Balaban J connectivity index is 1.32. The van der Waals surface area contributed by atoms with Crippen LogP contribution in [-0.2, 0) is 25.7 Å². The molecule has 0 bridgehead atoms. The zero-order valence-corrected chi connectivity index (χ0v) is 29.5. The molecule has 0 radical (unpaired) electrons. The van der Waals surface area contributed by atoms with E-state index in [1.165, 1.54) is 12.8 Å². The highest BCUT2D eigenvalue weighted by atomic mass is 16.5. The first kappa shape index (κ1) is 32.6. The third-order valence-electron chi connectivity index (χ3n) is 15.2. The average Bonchev–Trinajstić information content (AvgIpc) is 2.99. The molecular formula is C40H58O5. The zero-order chi connectivity index (χ0) is 32.6. The van der Waals surface area contributed by atoms with Gasteiger partial charge in [-0.3, -0.25) is 9.59 Å². The summed E-state index contributed by atoms with van der Waals surface area (Å²) in [5.41, 5.74) is 2.48. The second-order valence-electron chi connectivity index (χ2n) is 17.2. The molecule has 10 atom stereocenters. The first-order chi connectivity index (χ1) is 21.1. The molecule has 0 unspecified atom stereocenters. The molecule has 4 saturated carbocycles. The fraction of sp³-hybridized carbons (Fsp3) is 0.750. The molecule has 5 aliphatic rings. The summed E-state index contributed by atoms with van der Waals surface area (Å²) in [5, 5.41) is 0. The van der Waals surface area contributed by atoms with Gasteiger partial charge in [0.15, 0.2) is 0 Å². The van der Waals surface area contributed by atoms with Crippen molar-refractivity contribution < 1.29 is 23.8 Å². The van der Waals surface area contributed by atoms with Crippen molar-refractivity contribution in [3.05, 3.63) is 41.5 Å². The van der Waals surface area contributed by atoms with E-state index >= 15 is 0 Å². The van der Waals surface area contributed by atoms with Crippen molar-refractivity contribution in [3.8, 4) is 5.75 Å². The Bertz CT molecular complexity index is 1340. The fourth-order valence-electron chi connectivity index (χ4n) is 12.2. The van der Waals surface area contributed by atoms with Gasteiger partial charge < -0.3 is 14.2 Å². The molecule has 0 amide bonds. The minimum Gasteiger partial charge on any atom is -0.497 e. The molecule has 1 aromatic carbocycles. The Morgan fingerprint density at radius 3 is 2.24 bits per heavy atom. The molecule has 5 aliphatic carbocycles. The zero-order valence-electron chi connectivity index (χ0n) is 29.5. The van der Waals surface area contributed by atoms with E-state index < -0.39 is 5.41 Å². The Hall–Kier alpha value is -2.30. The highest BCUT2D eigenvalue weighted by molar-refractivity contribution is 5.79. The van der Waals surface area contributed by atoms with Crippen LogP contribution in [0.2, 0.25) is 0 Å². The van der Waals surface area contributed by atoms with Crippen LogP contribution in [0.4, 0.5) is 0 Å². The van der Waals surface area contributed by atoms with Gasteiger partial charge in [-0.1, -0.05) is 72.2 Å². The van der Waals surface area contributed by atoms with Gasteiger partial charge in [-0.2, -0.15) is 0 Å². The van der Waals surface area contributed by atoms with E-state index in [1.54, 1.807) is 19.6 Å². The summed E-state index contributed by atoms with van der Waals surface area (Å²) in [7, 11) is 1.67. The summed E-state index contributed by atoms with van der Waals surface area (Å²) in [6.45, 7) is 19.1. The summed E-state index contributed by atoms with van der Waals surface area (Å²) < 4.78 is 17.5. The van der Waals surface area contributed by atoms with Crippen LogP contribution in [0.25, 0.3) is 0 Å². The van der Waals surface area contributed by atoms with Crippen LogP contribution in [0.15, 0.2) is 35.9 Å². The van der Waals surface area contributed by atoms with Crippen molar-refractivity contribution in [2.24, 2.45) is 56.7 Å². The van der Waals surface area contributed by atoms with Crippen LogP contribution >= 0.6 is 0 Å². The monoisotopic (exact) mass is 618 g/mol. The van der Waals surface area contributed by atoms with Crippen LogP contribution in [0.3, 0.4) is 0 Å². The Kier molecular flexibility index (Phi) is 8.09. The van der Waals surface area contributed by atoms with Gasteiger partial charge in [0.2, 0.25) is 0 Å². The number of methoxy groups -OCH3 is 1. The molecule has 0 spiro atoms. The largest absolute Gasteiger partial charge is 0.497 e. The van der Waals surface area contributed by atoms with Crippen molar-refractivity contribution in [2.45, 2.75) is 126 Å². The smallest absolute Gasteiger partial charge is 0.313 e. The van der Waals surface area contributed by atoms with E-state index in [2.05, 4.69) is 54.5 Å². The van der Waals surface area contributed by atoms with Crippen molar-refractivity contribution in [1.29, 1.82) is 0 Å². The van der Waals surface area contributed by atoms with E-state index in [0.29, 0.717) is 30.3 Å². The van der Waals surface area contributed by atoms with E-state index in [4.69, 9.17) is 14.2 Å². The van der Waals surface area contributed by atoms with Gasteiger partial charge in [-0.15, -0.1) is 0 Å². The highest BCUT2D eigenvalue weighted by Crippen LogP contribution is 2.76. The van der Waals surface area contributed by atoms with E-state index in [1.807, 2.05) is 24.3 Å². The maximum Gasteiger partial charge on any atom is 0.313 e. The molecule has 1 aromatic rings. The normalized spacial score (nSPS) is 43.4. The first-order valence-electron chi connectivity index (χ1n) is 17.8. The molecule has 248 valence electrons. The lowest BCUT2D eigenvalue weighted by Gasteiger charge is -2.71. The van der Waals surface area contributed by atoms with Gasteiger partial charge >= 0.3 is 11.9 Å². The first-order valence-corrected chi connectivity index (χ1v) is 17.8. The minimum absolute atomic E-state index is 0.00786. The lowest BCUT2D eigenvalue weighted by atomic mass is 9.33. The second kappa shape index (κ2) is 11.2. The number of carbonyl (C=O) groups is 2. The summed E-state index contributed by atoms with van der Waals surface area (Å²) in [6, 6.07) is 7.86. The van der Waals surface area contributed by atoms with Crippen LogP contribution in [0.1, 0.15) is 119 Å². The number of ether oxygens (including phenoxy) is 3. The van der Waals surface area contributed by atoms with Crippen molar-refractivity contribution in [3.63, 3.8) is 0 Å². The van der Waals surface area contributed by atoms with E-state index in [9.17, 15) is 9.59 Å². The van der Waals surface area contributed by atoms with Crippen LogP contribution in [0, 0.1) is 56.7 Å². The molecule has 0 saturated heterocycles. The Labute approximate surface area is 272 Å². The second-order valence-corrected chi connectivity index (χ2v) is 17.2. The molecule has 0 heterocycles. The van der Waals surface area contributed by atoms with Crippen molar-refractivity contribution in [1.82, 2.24) is 0 Å². The van der Waals surface area contributed by atoms with Gasteiger partial charge in [-0.25, -0.2) is 0 Å². The topological polar surface area (TPSA) is 61.8 Å². The van der Waals surface area contributed by atoms with Crippen molar-refractivity contribution in [2.75, 3.05) is 7.11 Å². The predicted molar refractivity (Wildman–Crippen MR) is 177 cm³/mol. The fourth-order valence-corrected chi connectivity index (χ4v) is 12.2. The average molecular weight is 619 g/mol. The number of allylic oxidation sites excluding steroid dienone is 2. The molecule has 4 fully saturated rings. The number of esters is 2. The lowest BCUT2D eigenvalue weighted by Crippen LogP contribution is -2.65. The highest BCUT2D eigenvalue weighted by Gasteiger charge is 2.70. The number of fused-ring (bicyclic) bond motifs is 7. The number of hydrogen-bond acceptors (Lipinski definition) is 5. The minimum atomic E-state index is -0.446. The summed E-state index contributed by atoms with van der Waals surface area (Å²) in [6.07, 6.45) is 12.1. The molecule has 45 heavy (non-hydrogen) atoms. The Morgan fingerprint density at radius 2 is 1.58 bits per heavy atom. The maximum atomic E-state index is 14.4. The number of benzene rings is 1. The molecule has 6 rings (SSSR count). The standard InChI is InChI=1S/C40H58O5/c1-25-16-21-40(35(42)44-24-28-10-12-29(43-9)13-11-28)23-22-38(7)30(34(40)26(25)2)14-15-32-37(6)19-18-33(45-27(3)41)36(4,5)31(37)17-20-39(32,38)8/h10-14,25-26,31-34H,15-24H2,1-9H3/t25-,26+,31+,32-,33+,34+,37+,38-,39-,40+/m1/s1. The Morgan fingerprint density at radius 1 is 0.867 bits per heavy atom. The van der Waals surface area contributed by atoms with Gasteiger partial charge in [0.05, 0.1) is 12.5 Å². The van der Waals surface area contributed by atoms with Gasteiger partial charge in [-0.05, 0) is 121 Å². The van der Waals surface area contributed by atoms with E-state index in [-0.39, 0.29) is 45.6 Å². The maximum absolute atomic E-state index is 14.4. The number of hydrogen-bond donors (Lipinski definition) is 0. The molecular weight excluding hydrogens is 560 g/mol. The van der Waals surface area contributed by atoms with Gasteiger partial charge in [0, 0.05) is 12.3 Å². The molecule has 5 nitrogen and oxygen atoms in total. The van der Waals surface area contributed by atoms with Gasteiger partial charge in [0.25, 0.3) is 0 Å². The number of carbonyl (C=O) groups excluding carboxylic acids is 2. The summed E-state index contributed by atoms with van der Waals surface area (Å²) in [4.78, 5) is 26.4. The number of rotatable bonds is 5. The van der Waals surface area contributed by atoms with Crippen LogP contribution in [0.5, 0.6) is 5.75 Å². The van der Waals surface area contributed by atoms with Gasteiger partial charge in [0.1, 0.15) is 18.5 Å². The predicted octanol–water partition coefficient (Wildman–Crippen LogP) is 9.33. The van der Waals surface area contributed by atoms with Crippen molar-refractivity contribution >= 4 is 11.9 Å². The summed E-state index contributed by atoms with van der Waals surface area (Å²) >= 11 is 0. The van der Waals surface area contributed by atoms with E-state index in [0.717, 1.165) is 56.3 Å². The quantitative estimate of drug-likeness (QED) is 0.243. The molecule has 0 aliphatic heterocycles. The summed E-state index contributed by atoms with van der Waals surface area (Å²) in [5.74, 6) is 3.00. The lowest BCUT2D eigenvalue weighted by molar-refractivity contribution is -0.214. The molecule has 0 aromatic heterocycles. The third kappa shape index (κ3) is 4.74. The van der Waals surface area contributed by atoms with Crippen LogP contribution < -0.4 is 4.74 Å².